The highest BCUT2D eigenvalue weighted by atomic mass is 32.2. The van der Waals surface area contributed by atoms with Gasteiger partial charge in [0.25, 0.3) is 0 Å². The number of benzene rings is 2. The molecule has 3 aromatic rings. The zero-order valence-corrected chi connectivity index (χ0v) is 14.9. The third-order valence-corrected chi connectivity index (χ3v) is 5.09. The first kappa shape index (κ1) is 16.8. The standard InChI is InChI=1S/C19H16FN3O2S/c1-26-16-7-3-6-15(10-16)23-11-13(9-17(23)24)19-21-18(22-25-19)12-4-2-5-14(20)8-12/h2-8,10,13H,9,11H2,1H3. The summed E-state index contributed by atoms with van der Waals surface area (Å²) in [5.41, 5.74) is 1.42. The summed E-state index contributed by atoms with van der Waals surface area (Å²) in [6.45, 7) is 0.488. The lowest BCUT2D eigenvalue weighted by Crippen LogP contribution is -2.24. The Morgan fingerprint density at radius 3 is 2.88 bits per heavy atom. The second-order valence-corrected chi connectivity index (χ2v) is 6.95. The Labute approximate surface area is 154 Å². The molecule has 0 saturated carbocycles. The van der Waals surface area contributed by atoms with Crippen LogP contribution >= 0.6 is 11.8 Å². The number of aromatic nitrogens is 2. The van der Waals surface area contributed by atoms with Crippen molar-refractivity contribution in [3.05, 3.63) is 60.2 Å². The van der Waals surface area contributed by atoms with Gasteiger partial charge in [-0.2, -0.15) is 4.98 Å². The number of nitrogens with zero attached hydrogens (tertiary/aromatic N) is 3. The molecule has 1 unspecified atom stereocenters. The van der Waals surface area contributed by atoms with Gasteiger partial charge in [-0.05, 0) is 36.6 Å². The molecule has 0 N–H and O–H groups in total. The van der Waals surface area contributed by atoms with Crippen molar-refractivity contribution in [2.45, 2.75) is 17.2 Å². The Balaban J connectivity index is 1.56. The molecule has 2 aromatic carbocycles. The molecule has 4 rings (SSSR count). The van der Waals surface area contributed by atoms with Crippen LogP contribution in [-0.4, -0.2) is 28.8 Å². The van der Waals surface area contributed by atoms with Crippen LogP contribution in [0.15, 0.2) is 57.9 Å². The van der Waals surface area contributed by atoms with Crippen molar-refractivity contribution in [1.29, 1.82) is 0 Å². The number of halogens is 1. The molecule has 132 valence electrons. The fourth-order valence-corrected chi connectivity index (χ4v) is 3.50. The number of hydrogen-bond donors (Lipinski definition) is 0. The molecular formula is C19H16FN3O2S. The molecule has 0 aliphatic carbocycles. The summed E-state index contributed by atoms with van der Waals surface area (Å²) in [6.07, 6.45) is 2.31. The molecule has 0 radical (unpaired) electrons. The fraction of sp³-hybridized carbons (Fsp3) is 0.211. The predicted molar refractivity (Wildman–Crippen MR) is 97.6 cm³/mol. The summed E-state index contributed by atoms with van der Waals surface area (Å²) in [4.78, 5) is 19.7. The SMILES string of the molecule is CSc1cccc(N2CC(c3nc(-c4cccc(F)c4)no3)CC2=O)c1. The van der Waals surface area contributed by atoms with E-state index in [-0.39, 0.29) is 17.6 Å². The van der Waals surface area contributed by atoms with E-state index in [9.17, 15) is 9.18 Å². The monoisotopic (exact) mass is 369 g/mol. The van der Waals surface area contributed by atoms with Crippen LogP contribution in [0.25, 0.3) is 11.4 Å². The van der Waals surface area contributed by atoms with Crippen LogP contribution in [-0.2, 0) is 4.79 Å². The van der Waals surface area contributed by atoms with Gasteiger partial charge in [0.05, 0.1) is 5.92 Å². The lowest BCUT2D eigenvalue weighted by Gasteiger charge is -2.16. The molecule has 1 amide bonds. The average Bonchev–Trinajstić information content (AvgIpc) is 3.28. The number of carbonyl (C=O) groups excluding carboxylic acids is 1. The van der Waals surface area contributed by atoms with Crippen molar-refractivity contribution in [1.82, 2.24) is 10.1 Å². The lowest BCUT2D eigenvalue weighted by molar-refractivity contribution is -0.117. The van der Waals surface area contributed by atoms with Crippen molar-refractivity contribution in [3.8, 4) is 11.4 Å². The van der Waals surface area contributed by atoms with E-state index in [1.165, 1.54) is 12.1 Å². The van der Waals surface area contributed by atoms with Crippen LogP contribution in [0.2, 0.25) is 0 Å². The van der Waals surface area contributed by atoms with E-state index in [0.29, 0.717) is 30.2 Å². The van der Waals surface area contributed by atoms with E-state index >= 15 is 0 Å². The number of anilines is 1. The maximum absolute atomic E-state index is 13.4. The Kier molecular flexibility index (Phi) is 4.46. The van der Waals surface area contributed by atoms with Gasteiger partial charge in [0, 0.05) is 29.1 Å². The normalized spacial score (nSPS) is 17.1. The maximum Gasteiger partial charge on any atom is 0.232 e. The van der Waals surface area contributed by atoms with Crippen molar-refractivity contribution in [2.24, 2.45) is 0 Å². The van der Waals surface area contributed by atoms with Gasteiger partial charge < -0.3 is 9.42 Å². The lowest BCUT2D eigenvalue weighted by atomic mass is 10.1. The van der Waals surface area contributed by atoms with Gasteiger partial charge in [-0.25, -0.2) is 4.39 Å². The van der Waals surface area contributed by atoms with E-state index in [2.05, 4.69) is 10.1 Å². The summed E-state index contributed by atoms with van der Waals surface area (Å²) < 4.78 is 18.7. The number of hydrogen-bond acceptors (Lipinski definition) is 5. The quantitative estimate of drug-likeness (QED) is 0.648. The summed E-state index contributed by atoms with van der Waals surface area (Å²) in [6, 6.07) is 13.9. The number of rotatable bonds is 4. The maximum atomic E-state index is 13.4. The van der Waals surface area contributed by atoms with Gasteiger partial charge in [-0.15, -0.1) is 11.8 Å². The Bertz CT molecular complexity index is 959. The molecule has 0 spiro atoms. The predicted octanol–water partition coefficient (Wildman–Crippen LogP) is 4.12. The van der Waals surface area contributed by atoms with E-state index in [1.54, 1.807) is 28.8 Å². The second-order valence-electron chi connectivity index (χ2n) is 6.07. The summed E-state index contributed by atoms with van der Waals surface area (Å²) in [7, 11) is 0. The van der Waals surface area contributed by atoms with E-state index in [0.717, 1.165) is 10.6 Å². The zero-order valence-electron chi connectivity index (χ0n) is 14.1. The first-order valence-corrected chi connectivity index (χ1v) is 9.40. The number of carbonyl (C=O) groups is 1. The molecular weight excluding hydrogens is 353 g/mol. The first-order valence-electron chi connectivity index (χ1n) is 8.18. The topological polar surface area (TPSA) is 59.2 Å². The van der Waals surface area contributed by atoms with E-state index < -0.39 is 0 Å². The van der Waals surface area contributed by atoms with Gasteiger partial charge >= 0.3 is 0 Å². The average molecular weight is 369 g/mol. The molecule has 1 aromatic heterocycles. The molecule has 26 heavy (non-hydrogen) atoms. The third kappa shape index (κ3) is 3.22. The third-order valence-electron chi connectivity index (χ3n) is 4.36. The Morgan fingerprint density at radius 1 is 1.23 bits per heavy atom. The van der Waals surface area contributed by atoms with Crippen LogP contribution < -0.4 is 4.90 Å². The minimum absolute atomic E-state index is 0.0266. The summed E-state index contributed by atoms with van der Waals surface area (Å²) in [5, 5.41) is 3.94. The molecule has 1 fully saturated rings. The van der Waals surface area contributed by atoms with Crippen molar-refractivity contribution in [2.75, 3.05) is 17.7 Å². The largest absolute Gasteiger partial charge is 0.339 e. The fourth-order valence-electron chi connectivity index (χ4n) is 3.05. The van der Waals surface area contributed by atoms with Gasteiger partial charge in [0.1, 0.15) is 5.82 Å². The minimum atomic E-state index is -0.357. The van der Waals surface area contributed by atoms with Crippen molar-refractivity contribution >= 4 is 23.4 Å². The smallest absolute Gasteiger partial charge is 0.232 e. The number of thioether (sulfide) groups is 1. The molecule has 7 heteroatoms. The molecule has 1 atom stereocenters. The minimum Gasteiger partial charge on any atom is -0.339 e. The summed E-state index contributed by atoms with van der Waals surface area (Å²) >= 11 is 1.63. The van der Waals surface area contributed by atoms with Gasteiger partial charge in [0.2, 0.25) is 17.6 Å². The second kappa shape index (κ2) is 6.92. The van der Waals surface area contributed by atoms with Gasteiger partial charge in [-0.3, -0.25) is 4.79 Å². The molecule has 2 heterocycles. The molecule has 1 aliphatic heterocycles. The highest BCUT2D eigenvalue weighted by Gasteiger charge is 2.35. The van der Waals surface area contributed by atoms with Crippen LogP contribution in [0.5, 0.6) is 0 Å². The Morgan fingerprint density at radius 2 is 2.08 bits per heavy atom. The first-order chi connectivity index (χ1) is 12.6. The highest BCUT2D eigenvalue weighted by Crippen LogP contribution is 2.33. The Hall–Kier alpha value is -2.67. The highest BCUT2D eigenvalue weighted by molar-refractivity contribution is 7.98. The van der Waals surface area contributed by atoms with Crippen LogP contribution in [0.4, 0.5) is 10.1 Å². The van der Waals surface area contributed by atoms with Gasteiger partial charge in [0.15, 0.2) is 0 Å². The zero-order chi connectivity index (χ0) is 18.1. The van der Waals surface area contributed by atoms with Gasteiger partial charge in [-0.1, -0.05) is 23.4 Å². The molecule has 5 nitrogen and oxygen atoms in total. The molecule has 0 bridgehead atoms. The molecule has 1 saturated heterocycles. The van der Waals surface area contributed by atoms with E-state index in [1.807, 2.05) is 30.5 Å². The van der Waals surface area contributed by atoms with Crippen LogP contribution in [0, 0.1) is 5.82 Å². The van der Waals surface area contributed by atoms with Crippen molar-refractivity contribution < 1.29 is 13.7 Å². The molecule has 1 aliphatic rings. The number of amides is 1. The van der Waals surface area contributed by atoms with Crippen LogP contribution in [0.1, 0.15) is 18.2 Å². The van der Waals surface area contributed by atoms with E-state index in [4.69, 9.17) is 4.52 Å². The summed E-state index contributed by atoms with van der Waals surface area (Å²) in [5.74, 6) is 0.231. The van der Waals surface area contributed by atoms with Crippen LogP contribution in [0.3, 0.4) is 0 Å². The van der Waals surface area contributed by atoms with Crippen molar-refractivity contribution in [3.63, 3.8) is 0 Å².